The summed E-state index contributed by atoms with van der Waals surface area (Å²) in [7, 11) is 0. The molecule has 1 N–H and O–H groups in total. The normalized spacial score (nSPS) is 14.7. The highest BCUT2D eigenvalue weighted by molar-refractivity contribution is 6.30. The number of nitrogens with zero attached hydrogens (tertiary/aromatic N) is 5. The molecule has 0 unspecified atom stereocenters. The van der Waals surface area contributed by atoms with Gasteiger partial charge in [-0.1, -0.05) is 29.8 Å². The minimum Gasteiger partial charge on any atom is -0.367 e. The number of nitrogens with one attached hydrogen (secondary N) is 1. The molecular formula is C28H29ClF2N6. The van der Waals surface area contributed by atoms with Crippen LogP contribution in [0.3, 0.4) is 0 Å². The quantitative estimate of drug-likeness (QED) is 0.281. The number of hydrogen-bond acceptors (Lipinski definition) is 5. The van der Waals surface area contributed by atoms with Gasteiger partial charge >= 0.3 is 0 Å². The molecule has 2 atom stereocenters. The fourth-order valence-corrected chi connectivity index (χ4v) is 5.02. The van der Waals surface area contributed by atoms with E-state index in [1.807, 2.05) is 31.2 Å². The number of anilines is 2. The average molecular weight is 523 g/mol. The van der Waals surface area contributed by atoms with Crippen molar-refractivity contribution in [1.82, 2.24) is 19.8 Å². The Balaban J connectivity index is 1.36. The van der Waals surface area contributed by atoms with Crippen LogP contribution in [0.2, 0.25) is 5.02 Å². The van der Waals surface area contributed by atoms with Crippen LogP contribution in [0.15, 0.2) is 73.3 Å². The van der Waals surface area contributed by atoms with E-state index in [9.17, 15) is 8.78 Å². The highest BCUT2D eigenvalue weighted by Gasteiger charge is 2.32. The summed E-state index contributed by atoms with van der Waals surface area (Å²) in [5.74, 6) is -1.44. The topological polar surface area (TPSA) is 49.2 Å². The molecule has 1 aromatic heterocycles. The number of aromatic nitrogens is 3. The van der Waals surface area contributed by atoms with E-state index >= 15 is 0 Å². The summed E-state index contributed by atoms with van der Waals surface area (Å²) in [5.41, 5.74) is 8.46. The lowest BCUT2D eigenvalue weighted by Gasteiger charge is -2.32. The molecule has 5 rings (SSSR count). The van der Waals surface area contributed by atoms with E-state index in [0.29, 0.717) is 18.7 Å². The molecule has 4 aromatic rings. The highest BCUT2D eigenvalue weighted by Crippen LogP contribution is 2.35. The first-order valence-corrected chi connectivity index (χ1v) is 12.7. The van der Waals surface area contributed by atoms with Gasteiger partial charge in [-0.25, -0.2) is 18.8 Å². The fraction of sp³-hybridized carbons (Fsp3) is 0.286. The van der Waals surface area contributed by atoms with E-state index in [2.05, 4.69) is 50.5 Å². The second-order valence-corrected chi connectivity index (χ2v) is 9.79. The SMILES string of the molecule is CCN(Cc1ccc(Cl)cc1)c1ccc2c(c1)CN([C@H](C)[C@@H](Cn1cncn1)c1ccc(F)cc1F)N2. The van der Waals surface area contributed by atoms with Crippen LogP contribution in [0.4, 0.5) is 20.2 Å². The molecule has 1 aliphatic heterocycles. The first kappa shape index (κ1) is 25.2. The summed E-state index contributed by atoms with van der Waals surface area (Å²) in [6.07, 6.45) is 3.07. The molecule has 0 amide bonds. The number of rotatable bonds is 9. The van der Waals surface area contributed by atoms with Crippen molar-refractivity contribution in [3.63, 3.8) is 0 Å². The molecule has 0 bridgehead atoms. The van der Waals surface area contributed by atoms with Gasteiger partial charge in [-0.2, -0.15) is 5.10 Å². The van der Waals surface area contributed by atoms with E-state index in [1.165, 1.54) is 24.0 Å². The van der Waals surface area contributed by atoms with Crippen LogP contribution in [-0.4, -0.2) is 32.4 Å². The molecule has 1 aliphatic rings. The van der Waals surface area contributed by atoms with Gasteiger partial charge in [-0.3, -0.25) is 4.68 Å². The second kappa shape index (κ2) is 10.9. The molecule has 0 fully saturated rings. The van der Waals surface area contributed by atoms with Crippen molar-refractivity contribution in [3.05, 3.63) is 107 Å². The van der Waals surface area contributed by atoms with Crippen LogP contribution in [0.25, 0.3) is 0 Å². The third kappa shape index (κ3) is 5.60. The van der Waals surface area contributed by atoms with Crippen LogP contribution >= 0.6 is 11.6 Å². The Hall–Kier alpha value is -3.49. The van der Waals surface area contributed by atoms with Crippen LogP contribution in [0.1, 0.15) is 36.5 Å². The Bertz CT molecular complexity index is 1350. The molecule has 0 saturated carbocycles. The largest absolute Gasteiger partial charge is 0.367 e. The van der Waals surface area contributed by atoms with Crippen molar-refractivity contribution < 1.29 is 8.78 Å². The smallest absolute Gasteiger partial charge is 0.137 e. The van der Waals surface area contributed by atoms with Crippen LogP contribution < -0.4 is 10.3 Å². The molecule has 2 heterocycles. The lowest BCUT2D eigenvalue weighted by Crippen LogP contribution is -2.39. The maximum atomic E-state index is 14.9. The maximum absolute atomic E-state index is 14.9. The Morgan fingerprint density at radius 2 is 1.89 bits per heavy atom. The molecule has 9 heteroatoms. The average Bonchev–Trinajstić information content (AvgIpc) is 3.56. The molecule has 0 saturated heterocycles. The van der Waals surface area contributed by atoms with Gasteiger partial charge < -0.3 is 10.3 Å². The third-order valence-electron chi connectivity index (χ3n) is 7.01. The van der Waals surface area contributed by atoms with Gasteiger partial charge in [-0.05, 0) is 66.9 Å². The summed E-state index contributed by atoms with van der Waals surface area (Å²) in [6, 6.07) is 18.0. The lowest BCUT2D eigenvalue weighted by molar-refractivity contribution is 0.211. The second-order valence-electron chi connectivity index (χ2n) is 9.35. The van der Waals surface area contributed by atoms with Crippen molar-refractivity contribution in [1.29, 1.82) is 0 Å². The third-order valence-corrected chi connectivity index (χ3v) is 7.27. The monoisotopic (exact) mass is 522 g/mol. The summed E-state index contributed by atoms with van der Waals surface area (Å²) >= 11 is 6.05. The van der Waals surface area contributed by atoms with Gasteiger partial charge in [0.15, 0.2) is 0 Å². The highest BCUT2D eigenvalue weighted by atomic mass is 35.5. The summed E-state index contributed by atoms with van der Waals surface area (Å²) in [6.45, 7) is 6.89. The Morgan fingerprint density at radius 3 is 2.59 bits per heavy atom. The lowest BCUT2D eigenvalue weighted by atomic mass is 9.91. The van der Waals surface area contributed by atoms with E-state index in [1.54, 1.807) is 11.0 Å². The van der Waals surface area contributed by atoms with E-state index in [4.69, 9.17) is 11.6 Å². The molecule has 0 spiro atoms. The Kier molecular flexibility index (Phi) is 7.39. The van der Waals surface area contributed by atoms with Crippen molar-refractivity contribution >= 4 is 23.0 Å². The van der Waals surface area contributed by atoms with Gasteiger partial charge in [0.1, 0.15) is 24.3 Å². The molecule has 6 nitrogen and oxygen atoms in total. The van der Waals surface area contributed by atoms with Crippen molar-refractivity contribution in [2.75, 3.05) is 16.9 Å². The summed E-state index contributed by atoms with van der Waals surface area (Å²) in [5, 5.41) is 7.05. The number of hydrazine groups is 1. The number of hydrogen-bond donors (Lipinski definition) is 1. The zero-order valence-corrected chi connectivity index (χ0v) is 21.5. The number of benzene rings is 3. The molecule has 0 radical (unpaired) electrons. The molecule has 192 valence electrons. The van der Waals surface area contributed by atoms with Crippen LogP contribution in [0, 0.1) is 11.6 Å². The molecule has 0 aliphatic carbocycles. The molecule has 37 heavy (non-hydrogen) atoms. The summed E-state index contributed by atoms with van der Waals surface area (Å²) in [4.78, 5) is 6.34. The predicted molar refractivity (Wildman–Crippen MR) is 142 cm³/mol. The van der Waals surface area contributed by atoms with Gasteiger partial charge in [0.25, 0.3) is 0 Å². The molecule has 3 aromatic carbocycles. The maximum Gasteiger partial charge on any atom is 0.137 e. The van der Waals surface area contributed by atoms with Crippen LogP contribution in [-0.2, 0) is 19.6 Å². The standard InChI is InChI=1S/C28H29ClF2N6/c1-3-35(14-20-4-6-22(29)7-5-20)24-9-11-28-21(12-24)15-37(34-28)19(2)26(16-36-18-32-17-33-36)25-10-8-23(30)13-27(25)31/h4-13,17-19,26,34H,3,14-16H2,1-2H3/t19-,26-/m1/s1. The molecular weight excluding hydrogens is 494 g/mol. The Labute approximate surface area is 220 Å². The van der Waals surface area contributed by atoms with Crippen molar-refractivity contribution in [3.8, 4) is 0 Å². The minimum absolute atomic E-state index is 0.128. The number of fused-ring (bicyclic) bond motifs is 1. The van der Waals surface area contributed by atoms with Crippen LogP contribution in [0.5, 0.6) is 0 Å². The van der Waals surface area contributed by atoms with Crippen molar-refractivity contribution in [2.24, 2.45) is 0 Å². The van der Waals surface area contributed by atoms with E-state index in [0.717, 1.165) is 41.1 Å². The van der Waals surface area contributed by atoms with Gasteiger partial charge in [0.2, 0.25) is 0 Å². The zero-order chi connectivity index (χ0) is 25.9. The summed E-state index contributed by atoms with van der Waals surface area (Å²) < 4.78 is 30.2. The van der Waals surface area contributed by atoms with E-state index < -0.39 is 11.6 Å². The first-order chi connectivity index (χ1) is 17.9. The number of halogens is 3. The van der Waals surface area contributed by atoms with Gasteiger partial charge in [0, 0.05) is 48.4 Å². The van der Waals surface area contributed by atoms with Crippen molar-refractivity contribution in [2.45, 2.75) is 45.4 Å². The van der Waals surface area contributed by atoms with E-state index in [-0.39, 0.29) is 12.0 Å². The van der Waals surface area contributed by atoms with Gasteiger partial charge in [-0.15, -0.1) is 0 Å². The minimum atomic E-state index is -0.591. The fourth-order valence-electron chi connectivity index (χ4n) is 4.89. The van der Waals surface area contributed by atoms with Gasteiger partial charge in [0.05, 0.1) is 12.2 Å². The predicted octanol–water partition coefficient (Wildman–Crippen LogP) is 6.25. The zero-order valence-electron chi connectivity index (χ0n) is 20.8. The Morgan fingerprint density at radius 1 is 1.08 bits per heavy atom. The first-order valence-electron chi connectivity index (χ1n) is 12.3.